The van der Waals surface area contributed by atoms with Crippen LogP contribution in [-0.2, 0) is 11.3 Å². The largest absolute Gasteiger partial charge is 0.478 e. The molecule has 0 aliphatic rings. The molecule has 1 N–H and O–H groups in total. The van der Waals surface area contributed by atoms with E-state index in [9.17, 15) is 9.18 Å². The van der Waals surface area contributed by atoms with Crippen molar-refractivity contribution in [1.29, 1.82) is 0 Å². The van der Waals surface area contributed by atoms with Crippen LogP contribution in [-0.4, -0.2) is 20.9 Å². The van der Waals surface area contributed by atoms with E-state index in [0.717, 1.165) is 6.08 Å². The Hall–Kier alpha value is -2.14. The van der Waals surface area contributed by atoms with E-state index in [1.807, 2.05) is 0 Å². The van der Waals surface area contributed by atoms with Gasteiger partial charge < -0.3 is 5.11 Å². The highest BCUT2D eigenvalue weighted by Crippen LogP contribution is 2.16. The number of rotatable bonds is 4. The second kappa shape index (κ2) is 5.88. The zero-order chi connectivity index (χ0) is 14.7. The van der Waals surface area contributed by atoms with Gasteiger partial charge in [0.25, 0.3) is 0 Å². The van der Waals surface area contributed by atoms with Crippen molar-refractivity contribution in [3.63, 3.8) is 0 Å². The van der Waals surface area contributed by atoms with Crippen LogP contribution in [0.1, 0.15) is 16.8 Å². The number of benzene rings is 1. The molecule has 20 heavy (non-hydrogen) atoms. The summed E-state index contributed by atoms with van der Waals surface area (Å²) >= 11 is 5.91. The van der Waals surface area contributed by atoms with Gasteiger partial charge in [-0.25, -0.2) is 9.18 Å². The molecule has 0 atom stereocenters. The van der Waals surface area contributed by atoms with Crippen molar-refractivity contribution in [2.75, 3.05) is 0 Å². The third-order valence-corrected chi connectivity index (χ3v) is 3.00. The van der Waals surface area contributed by atoms with Gasteiger partial charge in [0, 0.05) is 12.3 Å². The Bertz CT molecular complexity index is 660. The fourth-order valence-electron chi connectivity index (χ4n) is 1.79. The number of carboxylic acid groups (broad SMARTS) is 1. The van der Waals surface area contributed by atoms with Crippen LogP contribution in [0.25, 0.3) is 6.08 Å². The predicted octanol–water partition coefficient (Wildman–Crippen LogP) is 3.13. The first kappa shape index (κ1) is 14.3. The van der Waals surface area contributed by atoms with Gasteiger partial charge >= 0.3 is 5.97 Å². The first-order valence-corrected chi connectivity index (χ1v) is 6.22. The van der Waals surface area contributed by atoms with Crippen LogP contribution in [0.4, 0.5) is 4.39 Å². The van der Waals surface area contributed by atoms with Crippen LogP contribution in [0.15, 0.2) is 30.5 Å². The lowest BCUT2D eigenvalue weighted by Gasteiger charge is -2.04. The van der Waals surface area contributed by atoms with Crippen molar-refractivity contribution in [2.24, 2.45) is 0 Å². The van der Waals surface area contributed by atoms with Gasteiger partial charge in [-0.1, -0.05) is 11.6 Å². The van der Waals surface area contributed by atoms with Crippen molar-refractivity contribution >= 4 is 23.6 Å². The Balaban J connectivity index is 2.25. The number of aromatic nitrogens is 2. The standard InChI is InChI=1S/C14H12ClFN2O2/c1-9-13(15)8-18(17-9)7-11-4-10(2-3-14(19)20)5-12(16)6-11/h2-6,8H,7H2,1H3,(H,19,20). The summed E-state index contributed by atoms with van der Waals surface area (Å²) in [6.07, 6.45) is 3.97. The number of hydrogen-bond acceptors (Lipinski definition) is 2. The highest BCUT2D eigenvalue weighted by molar-refractivity contribution is 6.31. The average molecular weight is 295 g/mol. The summed E-state index contributed by atoms with van der Waals surface area (Å²) in [7, 11) is 0. The first-order valence-electron chi connectivity index (χ1n) is 5.84. The Kier molecular flexibility index (Phi) is 4.20. The number of aliphatic carboxylic acids is 1. The third kappa shape index (κ3) is 3.68. The Morgan fingerprint density at radius 3 is 2.85 bits per heavy atom. The fourth-order valence-corrected chi connectivity index (χ4v) is 1.94. The monoisotopic (exact) mass is 294 g/mol. The zero-order valence-electron chi connectivity index (χ0n) is 10.7. The molecule has 0 saturated carbocycles. The third-order valence-electron chi connectivity index (χ3n) is 2.63. The molecule has 2 aromatic rings. The highest BCUT2D eigenvalue weighted by Gasteiger charge is 2.05. The highest BCUT2D eigenvalue weighted by atomic mass is 35.5. The molecule has 2 rings (SSSR count). The summed E-state index contributed by atoms with van der Waals surface area (Å²) in [5.74, 6) is -1.51. The van der Waals surface area contributed by atoms with Crippen LogP contribution in [0, 0.1) is 12.7 Å². The van der Waals surface area contributed by atoms with Crippen LogP contribution >= 0.6 is 11.6 Å². The summed E-state index contributed by atoms with van der Waals surface area (Å²) < 4.78 is 15.1. The van der Waals surface area contributed by atoms with Crippen LogP contribution in [0.3, 0.4) is 0 Å². The normalized spacial score (nSPS) is 11.2. The summed E-state index contributed by atoms with van der Waals surface area (Å²) in [6.45, 7) is 2.14. The summed E-state index contributed by atoms with van der Waals surface area (Å²) in [5, 5.41) is 13.3. The van der Waals surface area contributed by atoms with Gasteiger partial charge in [-0.2, -0.15) is 5.10 Å². The summed E-state index contributed by atoms with van der Waals surface area (Å²) in [6, 6.07) is 4.35. The number of nitrogens with zero attached hydrogens (tertiary/aromatic N) is 2. The number of aryl methyl sites for hydroxylation is 1. The molecule has 4 nitrogen and oxygen atoms in total. The predicted molar refractivity (Wildman–Crippen MR) is 74.1 cm³/mol. The van der Waals surface area contributed by atoms with Crippen molar-refractivity contribution in [2.45, 2.75) is 13.5 Å². The van der Waals surface area contributed by atoms with Crippen molar-refractivity contribution in [1.82, 2.24) is 9.78 Å². The maximum Gasteiger partial charge on any atom is 0.328 e. The molecule has 1 heterocycles. The van der Waals surface area contributed by atoms with Crippen molar-refractivity contribution in [3.8, 4) is 0 Å². The van der Waals surface area contributed by atoms with Gasteiger partial charge in [-0.05, 0) is 42.3 Å². The second-order valence-electron chi connectivity index (χ2n) is 4.32. The Labute approximate surface area is 120 Å². The maximum absolute atomic E-state index is 13.5. The lowest BCUT2D eigenvalue weighted by atomic mass is 10.1. The molecule has 0 radical (unpaired) electrons. The van der Waals surface area contributed by atoms with E-state index < -0.39 is 11.8 Å². The molecular weight excluding hydrogens is 283 g/mol. The lowest BCUT2D eigenvalue weighted by Crippen LogP contribution is -2.01. The molecule has 0 bridgehead atoms. The van der Waals surface area contributed by atoms with Gasteiger partial charge in [0.05, 0.1) is 17.3 Å². The Morgan fingerprint density at radius 2 is 2.25 bits per heavy atom. The number of halogens is 2. The van der Waals surface area contributed by atoms with Gasteiger partial charge in [0.2, 0.25) is 0 Å². The Morgan fingerprint density at radius 1 is 1.50 bits per heavy atom. The number of carbonyl (C=O) groups is 1. The van der Waals surface area contributed by atoms with E-state index in [4.69, 9.17) is 16.7 Å². The smallest absolute Gasteiger partial charge is 0.328 e. The number of hydrogen-bond donors (Lipinski definition) is 1. The van der Waals surface area contributed by atoms with Gasteiger partial charge in [-0.15, -0.1) is 0 Å². The molecule has 0 aliphatic heterocycles. The topological polar surface area (TPSA) is 55.1 Å². The van der Waals surface area contributed by atoms with Crippen LogP contribution in [0.2, 0.25) is 5.02 Å². The molecule has 0 fully saturated rings. The van der Waals surface area contributed by atoms with E-state index in [2.05, 4.69) is 5.10 Å². The van der Waals surface area contributed by atoms with E-state index in [1.54, 1.807) is 23.9 Å². The van der Waals surface area contributed by atoms with Gasteiger partial charge in [-0.3, -0.25) is 4.68 Å². The fraction of sp³-hybridized carbons (Fsp3) is 0.143. The number of carboxylic acids is 1. The zero-order valence-corrected chi connectivity index (χ0v) is 11.4. The van der Waals surface area contributed by atoms with Crippen molar-refractivity contribution < 1.29 is 14.3 Å². The SMILES string of the molecule is Cc1nn(Cc2cc(F)cc(C=CC(=O)O)c2)cc1Cl. The van der Waals surface area contributed by atoms with E-state index in [-0.39, 0.29) is 0 Å². The summed E-state index contributed by atoms with van der Waals surface area (Å²) in [5.41, 5.74) is 1.86. The maximum atomic E-state index is 13.5. The van der Waals surface area contributed by atoms with Gasteiger partial charge in [0.15, 0.2) is 0 Å². The van der Waals surface area contributed by atoms with Crippen LogP contribution in [0.5, 0.6) is 0 Å². The van der Waals surface area contributed by atoms with Gasteiger partial charge in [0.1, 0.15) is 5.82 Å². The van der Waals surface area contributed by atoms with E-state index in [0.29, 0.717) is 28.4 Å². The molecule has 0 unspecified atom stereocenters. The quantitative estimate of drug-likeness (QED) is 0.882. The molecule has 0 amide bonds. The molecule has 0 spiro atoms. The van der Waals surface area contributed by atoms with Crippen LogP contribution < -0.4 is 0 Å². The molecule has 6 heteroatoms. The van der Waals surface area contributed by atoms with Crippen molar-refractivity contribution in [3.05, 3.63) is 58.1 Å². The van der Waals surface area contributed by atoms with E-state index >= 15 is 0 Å². The lowest BCUT2D eigenvalue weighted by molar-refractivity contribution is -0.131. The van der Waals surface area contributed by atoms with E-state index in [1.165, 1.54) is 18.2 Å². The average Bonchev–Trinajstić information content (AvgIpc) is 2.65. The molecule has 104 valence electrons. The summed E-state index contributed by atoms with van der Waals surface area (Å²) in [4.78, 5) is 10.5. The molecule has 0 aliphatic carbocycles. The minimum atomic E-state index is -1.08. The minimum absolute atomic E-state index is 0.360. The second-order valence-corrected chi connectivity index (χ2v) is 4.73. The first-order chi connectivity index (χ1) is 9.44. The molecule has 1 aromatic heterocycles. The molecule has 1 aromatic carbocycles. The minimum Gasteiger partial charge on any atom is -0.478 e. The molecular formula is C14H12ClFN2O2. The molecule has 0 saturated heterocycles.